The van der Waals surface area contributed by atoms with Crippen molar-refractivity contribution in [2.24, 2.45) is 0 Å². The number of furan rings is 1. The Kier molecular flexibility index (Phi) is 9.47. The second kappa shape index (κ2) is 16.8. The Morgan fingerprint density at radius 2 is 0.831 bits per heavy atom. The van der Waals surface area contributed by atoms with Gasteiger partial charge in [-0.25, -0.2) is 0 Å². The second-order valence-corrected chi connectivity index (χ2v) is 20.7. The van der Waals surface area contributed by atoms with E-state index in [0.29, 0.717) is 0 Å². The van der Waals surface area contributed by atoms with Gasteiger partial charge in [-0.15, -0.1) is 0 Å². The maximum atomic E-state index is 7.00. The fraction of sp³-hybridized carbons (Fsp3) is 0.0270. The van der Waals surface area contributed by atoms with Crippen molar-refractivity contribution in [1.29, 1.82) is 0 Å². The van der Waals surface area contributed by atoms with E-state index in [0.717, 1.165) is 72.5 Å². The zero-order valence-electron chi connectivity index (χ0n) is 42.3. The molecule has 1 spiro atoms. The van der Waals surface area contributed by atoms with Gasteiger partial charge in [0.15, 0.2) is 0 Å². The SMILES string of the molecule is Cc1cc(-c2ccc(N(c3ccc(-c4cccc5c4c4ccccc4n5-c4ccccc4)cc3)c3cccc4c3C3(c5ccccc5-c5ccccc53)c3ccccc3-4)cc2)c2oc3c(-c4ccccc4)cccc3c2c1. The van der Waals surface area contributed by atoms with Crippen LogP contribution < -0.4 is 4.90 Å². The highest BCUT2D eigenvalue weighted by molar-refractivity contribution is 6.16. The zero-order valence-corrected chi connectivity index (χ0v) is 42.3. The molecular weight excluding hydrogens is 933 g/mol. The lowest BCUT2D eigenvalue weighted by atomic mass is 9.70. The van der Waals surface area contributed by atoms with Crippen LogP contribution in [0, 0.1) is 6.92 Å². The molecule has 0 fully saturated rings. The molecule has 2 aliphatic carbocycles. The van der Waals surface area contributed by atoms with Crippen molar-refractivity contribution in [2.75, 3.05) is 4.90 Å². The number of fused-ring (bicyclic) bond motifs is 16. The smallest absolute Gasteiger partial charge is 0.143 e. The number of nitrogens with zero attached hydrogens (tertiary/aromatic N) is 2. The summed E-state index contributed by atoms with van der Waals surface area (Å²) in [5, 5.41) is 4.73. The Morgan fingerprint density at radius 1 is 0.351 bits per heavy atom. The molecule has 3 heteroatoms. The lowest BCUT2D eigenvalue weighted by molar-refractivity contribution is 0.671. The summed E-state index contributed by atoms with van der Waals surface area (Å²) in [5.41, 5.74) is 26.4. The van der Waals surface area contributed by atoms with Gasteiger partial charge in [0.25, 0.3) is 0 Å². The molecule has 77 heavy (non-hydrogen) atoms. The summed E-state index contributed by atoms with van der Waals surface area (Å²) >= 11 is 0. The van der Waals surface area contributed by atoms with E-state index >= 15 is 0 Å². The van der Waals surface area contributed by atoms with Gasteiger partial charge in [-0.3, -0.25) is 0 Å². The van der Waals surface area contributed by atoms with E-state index in [-0.39, 0.29) is 0 Å². The molecule has 0 saturated heterocycles. The van der Waals surface area contributed by atoms with Crippen LogP contribution in [0.15, 0.2) is 277 Å². The number of para-hydroxylation sites is 3. The normalized spacial score (nSPS) is 12.8. The number of hydrogen-bond donors (Lipinski definition) is 0. The van der Waals surface area contributed by atoms with Crippen LogP contribution in [0.1, 0.15) is 27.8 Å². The van der Waals surface area contributed by atoms with Crippen molar-refractivity contribution in [3.63, 3.8) is 0 Å². The Bertz CT molecular complexity index is 4610. The fourth-order valence-electron chi connectivity index (χ4n) is 13.5. The average molecular weight is 981 g/mol. The number of hydrogen-bond acceptors (Lipinski definition) is 2. The van der Waals surface area contributed by atoms with Crippen LogP contribution >= 0.6 is 0 Å². The highest BCUT2D eigenvalue weighted by atomic mass is 16.3. The molecule has 3 nitrogen and oxygen atoms in total. The number of aryl methyl sites for hydroxylation is 1. The van der Waals surface area contributed by atoms with Crippen LogP contribution in [0.3, 0.4) is 0 Å². The summed E-state index contributed by atoms with van der Waals surface area (Å²) < 4.78 is 9.39. The predicted molar refractivity (Wildman–Crippen MR) is 320 cm³/mol. The molecule has 0 bridgehead atoms. The molecule has 12 aromatic carbocycles. The molecule has 2 heterocycles. The van der Waals surface area contributed by atoms with Crippen molar-refractivity contribution in [3.8, 4) is 61.3 Å². The minimum absolute atomic E-state index is 0.552. The van der Waals surface area contributed by atoms with Crippen molar-refractivity contribution in [2.45, 2.75) is 12.3 Å². The standard InChI is InChI=1S/C74H48N2O/c1-47-45-62(73-63(46-47)60-30-16-28-55(72(60)77-73)48-19-4-2-5-20-48)50-39-43-53(44-40-50)75(52-41-37-49(38-42-52)54-27-17-35-68-70(54)61-26-11-15-34-67(61)76(68)51-21-6-3-7-22-51)69-36-18-29-59-58-25-10-14-33-66(58)74(71(59)69)64-31-12-8-23-56(64)57-24-9-13-32-65(57)74/h2-46H,1H3. The monoisotopic (exact) mass is 980 g/mol. The number of anilines is 3. The fourth-order valence-corrected chi connectivity index (χ4v) is 13.5. The lowest BCUT2D eigenvalue weighted by Gasteiger charge is -2.36. The van der Waals surface area contributed by atoms with Crippen LogP contribution in [0.25, 0.3) is 105 Å². The van der Waals surface area contributed by atoms with Crippen LogP contribution in [0.4, 0.5) is 17.1 Å². The van der Waals surface area contributed by atoms with E-state index in [9.17, 15) is 0 Å². The molecule has 360 valence electrons. The first-order chi connectivity index (χ1) is 38.1. The van der Waals surface area contributed by atoms with Gasteiger partial charge in [0.2, 0.25) is 0 Å². The summed E-state index contributed by atoms with van der Waals surface area (Å²) in [6.45, 7) is 2.19. The molecule has 0 radical (unpaired) electrons. The van der Waals surface area contributed by atoms with Crippen molar-refractivity contribution in [1.82, 2.24) is 4.57 Å². The van der Waals surface area contributed by atoms with Gasteiger partial charge >= 0.3 is 0 Å². The molecule has 0 atom stereocenters. The van der Waals surface area contributed by atoms with E-state index in [2.05, 4.69) is 289 Å². The van der Waals surface area contributed by atoms with Crippen molar-refractivity contribution in [3.05, 3.63) is 301 Å². The number of benzene rings is 12. The number of aromatic nitrogens is 1. The topological polar surface area (TPSA) is 21.3 Å². The Hall–Kier alpha value is -9.96. The first-order valence-corrected chi connectivity index (χ1v) is 26.7. The van der Waals surface area contributed by atoms with E-state index in [1.54, 1.807) is 0 Å². The highest BCUT2D eigenvalue weighted by Gasteiger charge is 2.53. The van der Waals surface area contributed by atoms with Crippen LogP contribution in [0.2, 0.25) is 0 Å². The van der Waals surface area contributed by atoms with Gasteiger partial charge in [-0.05, 0) is 140 Å². The minimum atomic E-state index is -0.552. The first kappa shape index (κ1) is 43.4. The second-order valence-electron chi connectivity index (χ2n) is 20.7. The van der Waals surface area contributed by atoms with Crippen molar-refractivity contribution < 1.29 is 4.42 Å². The molecular formula is C74H48N2O. The van der Waals surface area contributed by atoms with Gasteiger partial charge in [-0.1, -0.05) is 206 Å². The van der Waals surface area contributed by atoms with Crippen LogP contribution in [-0.2, 0) is 5.41 Å². The van der Waals surface area contributed by atoms with Crippen molar-refractivity contribution >= 4 is 60.8 Å². The van der Waals surface area contributed by atoms with Gasteiger partial charge < -0.3 is 13.9 Å². The third kappa shape index (κ3) is 6.26. The van der Waals surface area contributed by atoms with Gasteiger partial charge in [0.1, 0.15) is 11.2 Å². The average Bonchev–Trinajstić information content (AvgIpc) is 4.35. The van der Waals surface area contributed by atoms with Gasteiger partial charge in [0.05, 0.1) is 22.1 Å². The molecule has 0 N–H and O–H groups in total. The summed E-state index contributed by atoms with van der Waals surface area (Å²) in [5.74, 6) is 0. The largest absolute Gasteiger partial charge is 0.455 e. The first-order valence-electron chi connectivity index (χ1n) is 26.7. The van der Waals surface area contributed by atoms with E-state index in [4.69, 9.17) is 4.42 Å². The lowest BCUT2D eigenvalue weighted by Crippen LogP contribution is -2.28. The minimum Gasteiger partial charge on any atom is -0.455 e. The third-order valence-electron chi connectivity index (χ3n) is 16.6. The Balaban J connectivity index is 0.903. The molecule has 16 rings (SSSR count). The quantitative estimate of drug-likeness (QED) is 0.159. The predicted octanol–water partition coefficient (Wildman–Crippen LogP) is 19.8. The van der Waals surface area contributed by atoms with Crippen LogP contribution in [0.5, 0.6) is 0 Å². The van der Waals surface area contributed by atoms with Gasteiger partial charge in [0, 0.05) is 55.3 Å². The van der Waals surface area contributed by atoms with E-state index in [1.807, 2.05) is 0 Å². The highest BCUT2D eigenvalue weighted by Crippen LogP contribution is 2.65. The summed E-state index contributed by atoms with van der Waals surface area (Å²) in [7, 11) is 0. The zero-order chi connectivity index (χ0) is 50.8. The summed E-state index contributed by atoms with van der Waals surface area (Å²) in [6, 6.07) is 101. The molecule has 0 aliphatic heterocycles. The third-order valence-corrected chi connectivity index (χ3v) is 16.6. The Morgan fingerprint density at radius 3 is 1.52 bits per heavy atom. The molecule has 2 aromatic heterocycles. The Labute approximate surface area is 446 Å². The van der Waals surface area contributed by atoms with Crippen LogP contribution in [-0.4, -0.2) is 4.57 Å². The van der Waals surface area contributed by atoms with E-state index < -0.39 is 5.41 Å². The molecule has 0 unspecified atom stereocenters. The maximum Gasteiger partial charge on any atom is 0.143 e. The summed E-state index contributed by atoms with van der Waals surface area (Å²) in [4.78, 5) is 2.50. The van der Waals surface area contributed by atoms with E-state index in [1.165, 1.54) is 77.4 Å². The molecule has 14 aromatic rings. The molecule has 0 amide bonds. The molecule has 0 saturated carbocycles. The summed E-state index contributed by atoms with van der Waals surface area (Å²) in [6.07, 6.45) is 0. The molecule has 2 aliphatic rings. The number of rotatable bonds is 7. The maximum absolute atomic E-state index is 7.00. The van der Waals surface area contributed by atoms with Gasteiger partial charge in [-0.2, -0.15) is 0 Å².